The van der Waals surface area contributed by atoms with E-state index in [0.29, 0.717) is 30.8 Å². The highest BCUT2D eigenvalue weighted by Crippen LogP contribution is 2.31. The van der Waals surface area contributed by atoms with Crippen molar-refractivity contribution < 1.29 is 22.8 Å². The van der Waals surface area contributed by atoms with Crippen LogP contribution in [0.4, 0.5) is 23.1 Å². The molecule has 4 heterocycles. The number of anilines is 1. The van der Waals surface area contributed by atoms with Crippen LogP contribution in [0.1, 0.15) is 12.8 Å². The summed E-state index contributed by atoms with van der Waals surface area (Å²) in [4.78, 5) is 36.4. The number of hydrogen-bond donors (Lipinski definition) is 0. The lowest BCUT2D eigenvalue weighted by Gasteiger charge is -2.36. The van der Waals surface area contributed by atoms with Gasteiger partial charge in [-0.3, -0.25) is 14.7 Å². The number of aromatic nitrogens is 2. The molecule has 2 aromatic heterocycles. The van der Waals surface area contributed by atoms with Crippen molar-refractivity contribution in [1.29, 1.82) is 0 Å². The van der Waals surface area contributed by atoms with Crippen molar-refractivity contribution in [3.05, 3.63) is 18.5 Å². The van der Waals surface area contributed by atoms with Crippen LogP contribution in [0.15, 0.2) is 18.5 Å². The highest BCUT2D eigenvalue weighted by Gasteiger charge is 2.45. The quantitative estimate of drug-likeness (QED) is 0.742. The Hall–Kier alpha value is -2.43. The average molecular weight is 399 g/mol. The number of nitrogens with zero attached hydrogens (tertiary/aromatic N) is 5. The number of thiazole rings is 1. The number of carbonyl (C=O) groups excluding carboxylic acids is 2. The Bertz CT molecular complexity index is 845. The second kappa shape index (κ2) is 6.63. The van der Waals surface area contributed by atoms with Crippen molar-refractivity contribution in [2.24, 2.45) is 0 Å². The second-order valence-electron chi connectivity index (χ2n) is 6.56. The summed E-state index contributed by atoms with van der Waals surface area (Å²) in [5.74, 6) is -0.793. The maximum atomic E-state index is 12.6. The van der Waals surface area contributed by atoms with Crippen LogP contribution in [-0.2, 0) is 4.79 Å². The normalized spacial score (nSPS) is 19.6. The Kier molecular flexibility index (Phi) is 4.41. The number of imide groups is 1. The molecule has 0 aromatic carbocycles. The highest BCUT2D eigenvalue weighted by molar-refractivity contribution is 7.22. The third-order valence-corrected chi connectivity index (χ3v) is 5.87. The summed E-state index contributed by atoms with van der Waals surface area (Å²) in [6.45, 7) is -0.573. The zero-order chi connectivity index (χ0) is 19.2. The van der Waals surface area contributed by atoms with Crippen LogP contribution in [0.5, 0.6) is 0 Å². The van der Waals surface area contributed by atoms with Crippen molar-refractivity contribution in [3.63, 3.8) is 0 Å². The fourth-order valence-electron chi connectivity index (χ4n) is 3.45. The summed E-state index contributed by atoms with van der Waals surface area (Å²) in [7, 11) is 0. The molecule has 0 aliphatic carbocycles. The lowest BCUT2D eigenvalue weighted by atomic mass is 10.0. The fourth-order valence-corrected chi connectivity index (χ4v) is 4.44. The molecule has 4 rings (SSSR count). The number of piperidine rings is 1. The molecule has 0 atom stereocenters. The Morgan fingerprint density at radius 1 is 1.22 bits per heavy atom. The van der Waals surface area contributed by atoms with E-state index in [2.05, 4.69) is 14.9 Å². The molecule has 0 radical (unpaired) electrons. The smallest absolute Gasteiger partial charge is 0.348 e. The van der Waals surface area contributed by atoms with Gasteiger partial charge in [0.2, 0.25) is 0 Å². The van der Waals surface area contributed by atoms with Crippen LogP contribution >= 0.6 is 11.3 Å². The molecule has 0 bridgehead atoms. The van der Waals surface area contributed by atoms with E-state index in [0.717, 1.165) is 15.3 Å². The molecular weight excluding hydrogens is 383 g/mol. The lowest BCUT2D eigenvalue weighted by molar-refractivity contribution is -0.151. The van der Waals surface area contributed by atoms with Gasteiger partial charge < -0.3 is 9.80 Å². The molecule has 2 aromatic rings. The van der Waals surface area contributed by atoms with Gasteiger partial charge in [0.15, 0.2) is 5.13 Å². The summed E-state index contributed by atoms with van der Waals surface area (Å²) in [5.41, 5.74) is 0.822. The zero-order valence-corrected chi connectivity index (χ0v) is 15.0. The number of amides is 3. The van der Waals surface area contributed by atoms with Gasteiger partial charge >= 0.3 is 12.2 Å². The van der Waals surface area contributed by atoms with E-state index >= 15 is 0 Å². The minimum absolute atomic E-state index is 0.244. The van der Waals surface area contributed by atoms with Crippen LogP contribution in [-0.4, -0.2) is 70.1 Å². The molecular formula is C16H16F3N5O2S. The largest absolute Gasteiger partial charge is 0.406 e. The van der Waals surface area contributed by atoms with Crippen molar-refractivity contribution in [3.8, 4) is 0 Å². The van der Waals surface area contributed by atoms with Gasteiger partial charge in [-0.1, -0.05) is 11.3 Å². The molecule has 0 saturated carbocycles. The minimum Gasteiger partial charge on any atom is -0.348 e. The number of urea groups is 1. The number of alkyl halides is 3. The first kappa shape index (κ1) is 18.0. The molecule has 144 valence electrons. The number of fused-ring (bicyclic) bond motifs is 1. The first-order chi connectivity index (χ1) is 12.8. The predicted octanol–water partition coefficient (Wildman–Crippen LogP) is 2.49. The van der Waals surface area contributed by atoms with E-state index in [9.17, 15) is 22.8 Å². The van der Waals surface area contributed by atoms with Crippen LogP contribution in [0, 0.1) is 0 Å². The van der Waals surface area contributed by atoms with Gasteiger partial charge in [-0.25, -0.2) is 9.78 Å². The summed E-state index contributed by atoms with van der Waals surface area (Å²) in [6.07, 6.45) is -0.0302. The monoisotopic (exact) mass is 399 g/mol. The van der Waals surface area contributed by atoms with Crippen molar-refractivity contribution in [2.75, 3.05) is 31.1 Å². The molecule has 0 unspecified atom stereocenters. The van der Waals surface area contributed by atoms with Gasteiger partial charge in [0, 0.05) is 25.3 Å². The average Bonchev–Trinajstić information content (AvgIpc) is 3.17. The molecule has 2 fully saturated rings. The third kappa shape index (κ3) is 3.55. The molecule has 7 nitrogen and oxygen atoms in total. The number of hydrogen-bond acceptors (Lipinski definition) is 6. The fraction of sp³-hybridized carbons (Fsp3) is 0.500. The van der Waals surface area contributed by atoms with Gasteiger partial charge in [-0.05, 0) is 18.9 Å². The molecule has 27 heavy (non-hydrogen) atoms. The van der Waals surface area contributed by atoms with E-state index in [1.165, 1.54) is 4.90 Å². The minimum atomic E-state index is -4.59. The predicted molar refractivity (Wildman–Crippen MR) is 92.5 cm³/mol. The van der Waals surface area contributed by atoms with Crippen molar-refractivity contribution >= 4 is 38.6 Å². The van der Waals surface area contributed by atoms with Crippen molar-refractivity contribution in [2.45, 2.75) is 25.1 Å². The maximum Gasteiger partial charge on any atom is 0.406 e. The first-order valence-electron chi connectivity index (χ1n) is 8.45. The number of rotatable bonds is 3. The van der Waals surface area contributed by atoms with Gasteiger partial charge in [0.05, 0.1) is 10.9 Å². The highest BCUT2D eigenvalue weighted by atomic mass is 32.1. The topological polar surface area (TPSA) is 69.6 Å². The molecule has 2 aliphatic rings. The maximum absolute atomic E-state index is 12.6. The first-order valence-corrected chi connectivity index (χ1v) is 9.27. The summed E-state index contributed by atoms with van der Waals surface area (Å²) >= 11 is 1.55. The Morgan fingerprint density at radius 3 is 2.63 bits per heavy atom. The standard InChI is InChI=1S/C16H16F3N5O2S/c17-16(18,19)9-24-13(25)8-23(15(24)26)10-2-5-22(6-3-10)14-21-11-7-20-4-1-12(11)27-14/h1,4,7,10H,2-3,5-6,8-9H2. The van der Waals surface area contributed by atoms with Crippen LogP contribution in [0.2, 0.25) is 0 Å². The lowest BCUT2D eigenvalue weighted by Crippen LogP contribution is -2.47. The molecule has 0 spiro atoms. The van der Waals surface area contributed by atoms with Gasteiger partial charge in [-0.2, -0.15) is 13.2 Å². The van der Waals surface area contributed by atoms with E-state index < -0.39 is 24.7 Å². The van der Waals surface area contributed by atoms with E-state index in [-0.39, 0.29) is 12.6 Å². The van der Waals surface area contributed by atoms with Crippen LogP contribution in [0.25, 0.3) is 10.2 Å². The second-order valence-corrected chi connectivity index (χ2v) is 7.57. The molecule has 0 N–H and O–H groups in total. The van der Waals surface area contributed by atoms with Gasteiger partial charge in [0.1, 0.15) is 18.6 Å². The number of halogens is 3. The van der Waals surface area contributed by atoms with E-state index in [1.807, 2.05) is 6.07 Å². The summed E-state index contributed by atoms with van der Waals surface area (Å²) in [5, 5.41) is 0.860. The van der Waals surface area contributed by atoms with Crippen molar-refractivity contribution in [1.82, 2.24) is 19.8 Å². The zero-order valence-electron chi connectivity index (χ0n) is 14.1. The van der Waals surface area contributed by atoms with E-state index in [1.54, 1.807) is 23.7 Å². The van der Waals surface area contributed by atoms with E-state index in [4.69, 9.17) is 0 Å². The number of pyridine rings is 1. The molecule has 2 aliphatic heterocycles. The van der Waals surface area contributed by atoms with Gasteiger partial charge in [-0.15, -0.1) is 0 Å². The Labute approximate surface area is 156 Å². The number of carbonyl (C=O) groups is 2. The van der Waals surface area contributed by atoms with Crippen LogP contribution < -0.4 is 4.90 Å². The SMILES string of the molecule is O=C1CN(C2CCN(c3nc4cnccc4s3)CC2)C(=O)N1CC(F)(F)F. The summed E-state index contributed by atoms with van der Waals surface area (Å²) in [6, 6.07) is 0.807. The third-order valence-electron chi connectivity index (χ3n) is 4.78. The van der Waals surface area contributed by atoms with Gasteiger partial charge in [0.25, 0.3) is 5.91 Å². The molecule has 11 heteroatoms. The molecule has 2 saturated heterocycles. The van der Waals surface area contributed by atoms with Crippen LogP contribution in [0.3, 0.4) is 0 Å². The summed E-state index contributed by atoms with van der Waals surface area (Å²) < 4.78 is 38.7. The Morgan fingerprint density at radius 2 is 1.96 bits per heavy atom. The molecule has 3 amide bonds. The Balaban J connectivity index is 1.40.